The summed E-state index contributed by atoms with van der Waals surface area (Å²) in [5.41, 5.74) is 0.0249. The molecule has 0 unspecified atom stereocenters. The van der Waals surface area contributed by atoms with Gasteiger partial charge in [0.15, 0.2) is 0 Å². The Kier molecular flexibility index (Phi) is 4.37. The van der Waals surface area contributed by atoms with Gasteiger partial charge in [-0.25, -0.2) is 4.79 Å². The second-order valence-corrected chi connectivity index (χ2v) is 4.66. The summed E-state index contributed by atoms with van der Waals surface area (Å²) in [4.78, 5) is 11.2. The fraction of sp³-hybridized carbons (Fsp3) is 0.0714. The summed E-state index contributed by atoms with van der Waals surface area (Å²) in [5.74, 6) is -0.0573. The van der Waals surface area contributed by atoms with Crippen molar-refractivity contribution in [2.45, 2.75) is 0 Å². The summed E-state index contributed by atoms with van der Waals surface area (Å²) < 4.78 is 10.6. The Bertz CT molecular complexity index is 656. The van der Waals surface area contributed by atoms with E-state index in [9.17, 15) is 4.79 Å². The van der Waals surface area contributed by atoms with E-state index in [4.69, 9.17) is 37.8 Å². The van der Waals surface area contributed by atoms with Crippen LogP contribution in [0, 0.1) is 0 Å². The third-order valence-corrected chi connectivity index (χ3v) is 3.28. The van der Waals surface area contributed by atoms with Crippen molar-refractivity contribution in [2.75, 3.05) is 7.11 Å². The quantitative estimate of drug-likeness (QED) is 0.903. The lowest BCUT2D eigenvalue weighted by molar-refractivity contribution is 0.0694. The average molecular weight is 313 g/mol. The molecule has 0 saturated carbocycles. The van der Waals surface area contributed by atoms with Crippen LogP contribution in [0.15, 0.2) is 36.4 Å². The highest BCUT2D eigenvalue weighted by Crippen LogP contribution is 2.32. The maximum absolute atomic E-state index is 11.2. The first-order valence-electron chi connectivity index (χ1n) is 5.55. The minimum absolute atomic E-state index is 0.0249. The third kappa shape index (κ3) is 3.15. The van der Waals surface area contributed by atoms with E-state index in [1.807, 2.05) is 0 Å². The lowest BCUT2D eigenvalue weighted by atomic mass is 10.2. The number of halogens is 2. The molecular formula is C14H10Cl2O4. The Hall–Kier alpha value is -1.91. The molecule has 0 radical (unpaired) electrons. The standard InChI is InChI=1S/C14H10Cl2O4/c1-19-8-2-4-10(14(17)18)13(7-8)20-9-3-5-11(15)12(16)6-9/h2-7H,1H3,(H,17,18). The van der Waals surface area contributed by atoms with Crippen LogP contribution >= 0.6 is 23.2 Å². The van der Waals surface area contributed by atoms with Crippen LogP contribution in [0.3, 0.4) is 0 Å². The summed E-state index contributed by atoms with van der Waals surface area (Å²) in [5, 5.41) is 9.85. The fourth-order valence-corrected chi connectivity index (χ4v) is 1.85. The van der Waals surface area contributed by atoms with Crippen LogP contribution in [-0.2, 0) is 0 Å². The molecule has 2 aromatic rings. The largest absolute Gasteiger partial charge is 0.497 e. The van der Waals surface area contributed by atoms with Gasteiger partial charge in [0.05, 0.1) is 17.2 Å². The lowest BCUT2D eigenvalue weighted by Gasteiger charge is -2.11. The predicted molar refractivity (Wildman–Crippen MR) is 76.5 cm³/mol. The minimum atomic E-state index is -1.09. The van der Waals surface area contributed by atoms with Gasteiger partial charge in [-0.05, 0) is 24.3 Å². The van der Waals surface area contributed by atoms with Crippen molar-refractivity contribution in [3.63, 3.8) is 0 Å². The van der Waals surface area contributed by atoms with Crippen LogP contribution in [0.4, 0.5) is 0 Å². The zero-order chi connectivity index (χ0) is 14.7. The van der Waals surface area contributed by atoms with Gasteiger partial charge >= 0.3 is 5.97 Å². The number of carboxylic acids is 1. The van der Waals surface area contributed by atoms with E-state index in [-0.39, 0.29) is 11.3 Å². The summed E-state index contributed by atoms with van der Waals surface area (Å²) >= 11 is 11.7. The summed E-state index contributed by atoms with van der Waals surface area (Å²) in [6, 6.07) is 9.12. The van der Waals surface area contributed by atoms with Gasteiger partial charge in [0.25, 0.3) is 0 Å². The molecule has 0 aromatic heterocycles. The molecule has 4 nitrogen and oxygen atoms in total. The van der Waals surface area contributed by atoms with E-state index < -0.39 is 5.97 Å². The zero-order valence-electron chi connectivity index (χ0n) is 10.4. The van der Waals surface area contributed by atoms with Crippen LogP contribution in [0.25, 0.3) is 0 Å². The van der Waals surface area contributed by atoms with Crippen molar-refractivity contribution in [2.24, 2.45) is 0 Å². The Morgan fingerprint density at radius 1 is 1.05 bits per heavy atom. The summed E-state index contributed by atoms with van der Waals surface area (Å²) in [6.45, 7) is 0. The molecule has 104 valence electrons. The summed E-state index contributed by atoms with van der Waals surface area (Å²) in [6.07, 6.45) is 0. The van der Waals surface area contributed by atoms with Crippen molar-refractivity contribution < 1.29 is 19.4 Å². The van der Waals surface area contributed by atoms with E-state index in [0.717, 1.165) is 0 Å². The van der Waals surface area contributed by atoms with Gasteiger partial charge < -0.3 is 14.6 Å². The van der Waals surface area contributed by atoms with E-state index in [0.29, 0.717) is 21.5 Å². The second kappa shape index (κ2) is 6.03. The predicted octanol–water partition coefficient (Wildman–Crippen LogP) is 4.49. The van der Waals surface area contributed by atoms with Gasteiger partial charge in [-0.15, -0.1) is 0 Å². The van der Waals surface area contributed by atoms with E-state index >= 15 is 0 Å². The van der Waals surface area contributed by atoms with Crippen LogP contribution in [0.1, 0.15) is 10.4 Å². The average Bonchev–Trinajstić information content (AvgIpc) is 2.42. The smallest absolute Gasteiger partial charge is 0.339 e. The number of rotatable bonds is 4. The summed E-state index contributed by atoms with van der Waals surface area (Å²) in [7, 11) is 1.48. The topological polar surface area (TPSA) is 55.8 Å². The van der Waals surface area contributed by atoms with Gasteiger partial charge in [0.2, 0.25) is 0 Å². The van der Waals surface area contributed by atoms with Gasteiger partial charge in [0, 0.05) is 12.1 Å². The number of methoxy groups -OCH3 is 1. The van der Waals surface area contributed by atoms with Crippen molar-refractivity contribution in [3.8, 4) is 17.2 Å². The Morgan fingerprint density at radius 2 is 1.75 bits per heavy atom. The molecular weight excluding hydrogens is 303 g/mol. The molecule has 1 N–H and O–H groups in total. The number of carboxylic acid groups (broad SMARTS) is 1. The Balaban J connectivity index is 2.40. The SMILES string of the molecule is COc1ccc(C(=O)O)c(Oc2ccc(Cl)c(Cl)c2)c1. The molecule has 0 fully saturated rings. The molecule has 0 atom stereocenters. The Labute approximate surface area is 125 Å². The molecule has 2 aromatic carbocycles. The monoisotopic (exact) mass is 312 g/mol. The number of carbonyl (C=O) groups is 1. The van der Waals surface area contributed by atoms with Crippen LogP contribution < -0.4 is 9.47 Å². The maximum atomic E-state index is 11.2. The van der Waals surface area contributed by atoms with Crippen molar-refractivity contribution in [1.29, 1.82) is 0 Å². The van der Waals surface area contributed by atoms with Crippen LogP contribution in [-0.4, -0.2) is 18.2 Å². The molecule has 0 heterocycles. The molecule has 0 aliphatic rings. The van der Waals surface area contributed by atoms with Crippen molar-refractivity contribution in [3.05, 3.63) is 52.0 Å². The highest BCUT2D eigenvalue weighted by Gasteiger charge is 2.14. The van der Waals surface area contributed by atoms with Gasteiger partial charge in [-0.2, -0.15) is 0 Å². The molecule has 0 amide bonds. The van der Waals surface area contributed by atoms with Crippen molar-refractivity contribution in [1.82, 2.24) is 0 Å². The molecule has 0 aliphatic carbocycles. The van der Waals surface area contributed by atoms with Crippen LogP contribution in [0.2, 0.25) is 10.0 Å². The Morgan fingerprint density at radius 3 is 2.35 bits per heavy atom. The molecule has 0 spiro atoms. The third-order valence-electron chi connectivity index (χ3n) is 2.54. The molecule has 20 heavy (non-hydrogen) atoms. The number of hydrogen-bond acceptors (Lipinski definition) is 3. The van der Waals surface area contributed by atoms with E-state index in [2.05, 4.69) is 0 Å². The first kappa shape index (κ1) is 14.5. The van der Waals surface area contributed by atoms with E-state index in [1.54, 1.807) is 18.2 Å². The molecule has 0 saturated heterocycles. The molecule has 2 rings (SSSR count). The molecule has 0 bridgehead atoms. The number of benzene rings is 2. The fourth-order valence-electron chi connectivity index (χ4n) is 1.56. The number of aromatic carboxylic acids is 1. The first-order valence-corrected chi connectivity index (χ1v) is 6.31. The van der Waals surface area contributed by atoms with Gasteiger partial charge in [-0.1, -0.05) is 23.2 Å². The zero-order valence-corrected chi connectivity index (χ0v) is 11.9. The maximum Gasteiger partial charge on any atom is 0.339 e. The number of ether oxygens (including phenoxy) is 2. The second-order valence-electron chi connectivity index (χ2n) is 3.85. The lowest BCUT2D eigenvalue weighted by Crippen LogP contribution is -2.00. The highest BCUT2D eigenvalue weighted by atomic mass is 35.5. The van der Waals surface area contributed by atoms with Crippen molar-refractivity contribution >= 4 is 29.2 Å². The van der Waals surface area contributed by atoms with Crippen LogP contribution in [0.5, 0.6) is 17.2 Å². The minimum Gasteiger partial charge on any atom is -0.497 e. The van der Waals surface area contributed by atoms with Gasteiger partial charge in [0.1, 0.15) is 22.8 Å². The highest BCUT2D eigenvalue weighted by molar-refractivity contribution is 6.42. The van der Waals surface area contributed by atoms with E-state index in [1.165, 1.54) is 25.3 Å². The molecule has 0 aliphatic heterocycles. The first-order chi connectivity index (χ1) is 9.51. The molecule has 6 heteroatoms. The number of hydrogen-bond donors (Lipinski definition) is 1. The van der Waals surface area contributed by atoms with Gasteiger partial charge in [-0.3, -0.25) is 0 Å². The normalized spacial score (nSPS) is 10.2.